The highest BCUT2D eigenvalue weighted by Crippen LogP contribution is 2.40. The van der Waals surface area contributed by atoms with Crippen molar-refractivity contribution in [1.82, 2.24) is 10.3 Å². The van der Waals surface area contributed by atoms with E-state index in [2.05, 4.69) is 31.5 Å². The summed E-state index contributed by atoms with van der Waals surface area (Å²) in [7, 11) is 0. The molecule has 0 aromatic carbocycles. The van der Waals surface area contributed by atoms with Gasteiger partial charge in [-0.2, -0.15) is 0 Å². The van der Waals surface area contributed by atoms with Gasteiger partial charge in [0, 0.05) is 6.04 Å². The summed E-state index contributed by atoms with van der Waals surface area (Å²) in [4.78, 5) is 15.7. The molecule has 6 heteroatoms. The summed E-state index contributed by atoms with van der Waals surface area (Å²) in [6.07, 6.45) is 2.00. The topological polar surface area (TPSA) is 54.0 Å². The number of pyridine rings is 1. The minimum Gasteiger partial charge on any atom is -0.307 e. The summed E-state index contributed by atoms with van der Waals surface area (Å²) in [6, 6.07) is 3.05. The van der Waals surface area contributed by atoms with Crippen LogP contribution in [0.5, 0.6) is 0 Å². The fourth-order valence-corrected chi connectivity index (χ4v) is 2.54. The number of hydrogen-bond donors (Lipinski definition) is 2. The van der Waals surface area contributed by atoms with Crippen LogP contribution in [0.3, 0.4) is 0 Å². The van der Waals surface area contributed by atoms with Crippen molar-refractivity contribution in [2.75, 3.05) is 5.32 Å². The highest BCUT2D eigenvalue weighted by atomic mass is 79.9. The van der Waals surface area contributed by atoms with Crippen molar-refractivity contribution in [2.24, 2.45) is 5.92 Å². The van der Waals surface area contributed by atoms with Gasteiger partial charge >= 0.3 is 0 Å². The van der Waals surface area contributed by atoms with Gasteiger partial charge in [-0.25, -0.2) is 9.37 Å². The van der Waals surface area contributed by atoms with Crippen LogP contribution in [-0.4, -0.2) is 23.0 Å². The van der Waals surface area contributed by atoms with Crippen LogP contribution in [-0.2, 0) is 4.79 Å². The van der Waals surface area contributed by atoms with Crippen molar-refractivity contribution in [1.29, 1.82) is 0 Å². The van der Waals surface area contributed by atoms with E-state index in [4.69, 9.17) is 0 Å². The number of anilines is 1. The number of halogens is 2. The Morgan fingerprint density at radius 3 is 3.06 bits per heavy atom. The average Bonchev–Trinajstić information content (AvgIpc) is 2.91. The molecule has 2 N–H and O–H groups in total. The lowest BCUT2D eigenvalue weighted by molar-refractivity contribution is -0.118. The van der Waals surface area contributed by atoms with Crippen LogP contribution < -0.4 is 10.6 Å². The molecule has 0 unspecified atom stereocenters. The van der Waals surface area contributed by atoms with Gasteiger partial charge in [-0.15, -0.1) is 0 Å². The third-order valence-corrected chi connectivity index (χ3v) is 3.69. The second-order valence-electron chi connectivity index (χ2n) is 4.51. The molecule has 90 valence electrons. The molecule has 1 saturated carbocycles. The van der Waals surface area contributed by atoms with Crippen LogP contribution in [0.4, 0.5) is 10.2 Å². The Morgan fingerprint density at radius 1 is 1.53 bits per heavy atom. The highest BCUT2D eigenvalue weighted by molar-refractivity contribution is 9.10. The van der Waals surface area contributed by atoms with Crippen LogP contribution >= 0.6 is 15.9 Å². The second kappa shape index (κ2) is 4.03. The fraction of sp³-hybridized carbons (Fsp3) is 0.455. The SMILES string of the molecule is O=C(Nc1nc(Br)ccc1F)[C@@H]1C[C@H]2C[C@H]2N1. The van der Waals surface area contributed by atoms with E-state index in [0.717, 1.165) is 12.8 Å². The molecule has 1 aromatic rings. The lowest BCUT2D eigenvalue weighted by atomic mass is 10.2. The summed E-state index contributed by atoms with van der Waals surface area (Å²) in [5.74, 6) is -0.121. The molecule has 2 heterocycles. The molecule has 3 atom stereocenters. The van der Waals surface area contributed by atoms with E-state index in [1.54, 1.807) is 0 Å². The largest absolute Gasteiger partial charge is 0.307 e. The monoisotopic (exact) mass is 299 g/mol. The lowest BCUT2D eigenvalue weighted by Crippen LogP contribution is -2.38. The lowest BCUT2D eigenvalue weighted by Gasteiger charge is -2.13. The van der Waals surface area contributed by atoms with Gasteiger partial charge in [0.05, 0.1) is 6.04 Å². The molecule has 3 rings (SSSR count). The van der Waals surface area contributed by atoms with Gasteiger partial charge in [0.15, 0.2) is 11.6 Å². The molecule has 17 heavy (non-hydrogen) atoms. The molecule has 1 aliphatic heterocycles. The number of nitrogens with one attached hydrogen (secondary N) is 2. The fourth-order valence-electron chi connectivity index (χ4n) is 2.23. The van der Waals surface area contributed by atoms with E-state index in [0.29, 0.717) is 16.6 Å². The number of piperidine rings is 1. The molecule has 1 amide bonds. The summed E-state index contributed by atoms with van der Waals surface area (Å²) in [6.45, 7) is 0. The van der Waals surface area contributed by atoms with Crippen molar-refractivity contribution in [2.45, 2.75) is 24.9 Å². The molecule has 0 spiro atoms. The number of hydrogen-bond acceptors (Lipinski definition) is 3. The molecule has 1 aliphatic carbocycles. The first kappa shape index (κ1) is 11.1. The predicted molar refractivity (Wildman–Crippen MR) is 64.0 cm³/mol. The maximum atomic E-state index is 13.4. The Kier molecular flexibility index (Phi) is 2.63. The summed E-state index contributed by atoms with van der Waals surface area (Å²) >= 11 is 3.14. The molecule has 1 saturated heterocycles. The third kappa shape index (κ3) is 2.19. The van der Waals surface area contributed by atoms with Crippen molar-refractivity contribution >= 4 is 27.7 Å². The van der Waals surface area contributed by atoms with E-state index >= 15 is 0 Å². The summed E-state index contributed by atoms with van der Waals surface area (Å²) < 4.78 is 13.9. The Balaban J connectivity index is 1.69. The Labute approximate surface area is 106 Å². The number of amides is 1. The number of fused-ring (bicyclic) bond motifs is 1. The number of nitrogens with zero attached hydrogens (tertiary/aromatic N) is 1. The van der Waals surface area contributed by atoms with Gasteiger partial charge in [-0.1, -0.05) is 0 Å². The van der Waals surface area contributed by atoms with Crippen LogP contribution in [0.2, 0.25) is 0 Å². The molecule has 1 aromatic heterocycles. The van der Waals surface area contributed by atoms with E-state index in [1.807, 2.05) is 0 Å². The van der Waals surface area contributed by atoms with Gasteiger partial charge in [0.2, 0.25) is 5.91 Å². The predicted octanol–water partition coefficient (Wildman–Crippen LogP) is 1.67. The Bertz CT molecular complexity index is 472. The van der Waals surface area contributed by atoms with E-state index in [1.165, 1.54) is 12.1 Å². The molecule has 4 nitrogen and oxygen atoms in total. The first-order chi connectivity index (χ1) is 8.13. The van der Waals surface area contributed by atoms with Gasteiger partial charge in [0.1, 0.15) is 4.60 Å². The van der Waals surface area contributed by atoms with Gasteiger partial charge in [-0.3, -0.25) is 4.79 Å². The maximum Gasteiger partial charge on any atom is 0.242 e. The normalized spacial score (nSPS) is 29.9. The van der Waals surface area contributed by atoms with Gasteiger partial charge in [-0.05, 0) is 46.8 Å². The molecular weight excluding hydrogens is 289 g/mol. The minimum absolute atomic E-state index is 0.0215. The zero-order chi connectivity index (χ0) is 12.0. The summed E-state index contributed by atoms with van der Waals surface area (Å²) in [5.41, 5.74) is 0. The van der Waals surface area contributed by atoms with Crippen molar-refractivity contribution in [3.63, 3.8) is 0 Å². The standard InChI is InChI=1S/C11H11BrFN3O/c12-9-2-1-6(13)10(15-9)16-11(17)8-4-5-3-7(5)14-8/h1-2,5,7-8,14H,3-4H2,(H,15,16,17)/t5-,7-,8+/m1/s1. The molecule has 0 bridgehead atoms. The van der Waals surface area contributed by atoms with Crippen LogP contribution in [0.15, 0.2) is 16.7 Å². The highest BCUT2D eigenvalue weighted by Gasteiger charge is 2.47. The van der Waals surface area contributed by atoms with Crippen LogP contribution in [0, 0.1) is 11.7 Å². The maximum absolute atomic E-state index is 13.4. The van der Waals surface area contributed by atoms with E-state index in [-0.39, 0.29) is 17.8 Å². The quantitative estimate of drug-likeness (QED) is 0.817. The smallest absolute Gasteiger partial charge is 0.242 e. The third-order valence-electron chi connectivity index (χ3n) is 3.25. The minimum atomic E-state index is -0.523. The van der Waals surface area contributed by atoms with Gasteiger partial charge in [0.25, 0.3) is 0 Å². The average molecular weight is 300 g/mol. The Hall–Kier alpha value is -1.01. The number of rotatable bonds is 2. The molecular formula is C11H11BrFN3O. The number of carbonyl (C=O) groups excluding carboxylic acids is 1. The summed E-state index contributed by atoms with van der Waals surface area (Å²) in [5, 5.41) is 5.72. The number of aromatic nitrogens is 1. The molecule has 0 radical (unpaired) electrons. The van der Waals surface area contributed by atoms with E-state index in [9.17, 15) is 9.18 Å². The van der Waals surface area contributed by atoms with E-state index < -0.39 is 5.82 Å². The van der Waals surface area contributed by atoms with Crippen LogP contribution in [0.1, 0.15) is 12.8 Å². The molecule has 2 aliphatic rings. The van der Waals surface area contributed by atoms with Gasteiger partial charge < -0.3 is 10.6 Å². The first-order valence-corrected chi connectivity index (χ1v) is 6.32. The van der Waals surface area contributed by atoms with Crippen LogP contribution in [0.25, 0.3) is 0 Å². The molecule has 2 fully saturated rings. The second-order valence-corrected chi connectivity index (χ2v) is 5.32. The Morgan fingerprint density at radius 2 is 2.35 bits per heavy atom. The number of carbonyl (C=O) groups is 1. The zero-order valence-corrected chi connectivity index (χ0v) is 10.5. The zero-order valence-electron chi connectivity index (χ0n) is 8.91. The van der Waals surface area contributed by atoms with Crippen molar-refractivity contribution < 1.29 is 9.18 Å². The van der Waals surface area contributed by atoms with Crippen molar-refractivity contribution in [3.8, 4) is 0 Å². The van der Waals surface area contributed by atoms with Crippen molar-refractivity contribution in [3.05, 3.63) is 22.6 Å². The first-order valence-electron chi connectivity index (χ1n) is 5.52.